The average Bonchev–Trinajstić information content (AvgIpc) is 2.19. The lowest BCUT2D eigenvalue weighted by molar-refractivity contribution is -0.129. The van der Waals surface area contributed by atoms with E-state index in [2.05, 4.69) is 25.7 Å². The van der Waals surface area contributed by atoms with Crippen LogP contribution in [0.4, 0.5) is 0 Å². The van der Waals surface area contributed by atoms with Gasteiger partial charge in [0.1, 0.15) is 5.78 Å². The van der Waals surface area contributed by atoms with Crippen LogP contribution in [0.1, 0.15) is 59.3 Å². The number of carbonyl (C=O) groups excluding carboxylic acids is 1. The van der Waals surface area contributed by atoms with E-state index in [1.165, 1.54) is 25.7 Å². The van der Waals surface area contributed by atoms with Crippen LogP contribution in [0.2, 0.25) is 0 Å². The highest BCUT2D eigenvalue weighted by Gasteiger charge is 2.41. The lowest BCUT2D eigenvalue weighted by atomic mass is 9.80. The van der Waals surface area contributed by atoms with Gasteiger partial charge in [0.05, 0.1) is 0 Å². The SMILES string of the molecule is CCC(C(C)C)N1C2CCCC1CC(=O)C2. The number of fused-ring (bicyclic) bond motifs is 2. The van der Waals surface area contributed by atoms with Crippen LogP contribution in [0.3, 0.4) is 0 Å². The van der Waals surface area contributed by atoms with Crippen LogP contribution in [0.15, 0.2) is 0 Å². The van der Waals surface area contributed by atoms with Crippen molar-refractivity contribution in [3.05, 3.63) is 0 Å². The maximum absolute atomic E-state index is 11.7. The Balaban J connectivity index is 2.16. The second-order valence-electron chi connectivity index (χ2n) is 5.85. The van der Waals surface area contributed by atoms with E-state index in [9.17, 15) is 4.79 Å². The van der Waals surface area contributed by atoms with Gasteiger partial charge in [0, 0.05) is 31.0 Å². The molecule has 0 saturated carbocycles. The summed E-state index contributed by atoms with van der Waals surface area (Å²) in [6, 6.07) is 1.81. The van der Waals surface area contributed by atoms with Gasteiger partial charge >= 0.3 is 0 Å². The molecule has 2 aliphatic heterocycles. The predicted octanol–water partition coefficient (Wildman–Crippen LogP) is 3.01. The third-order valence-electron chi connectivity index (χ3n) is 4.42. The maximum atomic E-state index is 11.7. The van der Waals surface area contributed by atoms with Crippen LogP contribution in [0, 0.1) is 5.92 Å². The van der Waals surface area contributed by atoms with Crippen molar-refractivity contribution in [2.24, 2.45) is 5.92 Å². The largest absolute Gasteiger partial charge is 0.300 e. The molecule has 0 amide bonds. The number of hydrogen-bond donors (Lipinski definition) is 0. The topological polar surface area (TPSA) is 20.3 Å². The third-order valence-corrected chi connectivity index (χ3v) is 4.42. The number of piperidine rings is 2. The summed E-state index contributed by atoms with van der Waals surface area (Å²) >= 11 is 0. The highest BCUT2D eigenvalue weighted by atomic mass is 16.1. The predicted molar refractivity (Wildman–Crippen MR) is 66.4 cm³/mol. The van der Waals surface area contributed by atoms with Crippen molar-refractivity contribution in [2.75, 3.05) is 0 Å². The molecule has 2 heterocycles. The molecule has 2 bridgehead atoms. The van der Waals surface area contributed by atoms with E-state index >= 15 is 0 Å². The summed E-state index contributed by atoms with van der Waals surface area (Å²) in [5, 5.41) is 0. The van der Waals surface area contributed by atoms with Crippen LogP contribution in [-0.4, -0.2) is 28.8 Å². The molecule has 0 N–H and O–H groups in total. The van der Waals surface area contributed by atoms with Gasteiger partial charge < -0.3 is 0 Å². The van der Waals surface area contributed by atoms with Gasteiger partial charge in [-0.2, -0.15) is 0 Å². The van der Waals surface area contributed by atoms with Gasteiger partial charge in [-0.15, -0.1) is 0 Å². The zero-order valence-corrected chi connectivity index (χ0v) is 10.9. The average molecular weight is 223 g/mol. The number of rotatable bonds is 3. The van der Waals surface area contributed by atoms with Crippen LogP contribution < -0.4 is 0 Å². The molecule has 0 radical (unpaired) electrons. The molecule has 2 heteroatoms. The second kappa shape index (κ2) is 4.87. The summed E-state index contributed by atoms with van der Waals surface area (Å²) in [6.45, 7) is 6.93. The Kier molecular flexibility index (Phi) is 3.68. The summed E-state index contributed by atoms with van der Waals surface area (Å²) in [6.07, 6.45) is 6.67. The highest BCUT2D eigenvalue weighted by Crippen LogP contribution is 2.36. The van der Waals surface area contributed by atoms with Gasteiger partial charge in [-0.3, -0.25) is 9.69 Å². The fraction of sp³-hybridized carbons (Fsp3) is 0.929. The van der Waals surface area contributed by atoms with E-state index in [1.807, 2.05) is 0 Å². The summed E-state index contributed by atoms with van der Waals surface area (Å²) in [5.41, 5.74) is 0. The van der Waals surface area contributed by atoms with Crippen molar-refractivity contribution in [3.8, 4) is 0 Å². The molecule has 0 aromatic carbocycles. The summed E-state index contributed by atoms with van der Waals surface area (Å²) < 4.78 is 0. The molecule has 0 aromatic rings. The molecule has 3 atom stereocenters. The Morgan fingerprint density at radius 3 is 2.25 bits per heavy atom. The van der Waals surface area contributed by atoms with Gasteiger partial charge in [0.25, 0.3) is 0 Å². The molecule has 3 unspecified atom stereocenters. The van der Waals surface area contributed by atoms with Gasteiger partial charge in [0.2, 0.25) is 0 Å². The first-order valence-electron chi connectivity index (χ1n) is 6.92. The van der Waals surface area contributed by atoms with Gasteiger partial charge in [-0.25, -0.2) is 0 Å². The van der Waals surface area contributed by atoms with E-state index in [4.69, 9.17) is 0 Å². The van der Waals surface area contributed by atoms with Crippen molar-refractivity contribution in [3.63, 3.8) is 0 Å². The highest BCUT2D eigenvalue weighted by molar-refractivity contribution is 5.80. The number of ketones is 1. The molecule has 92 valence electrons. The number of Topliss-reactive ketones (excluding diaryl/α,β-unsaturated/α-hetero) is 1. The van der Waals surface area contributed by atoms with E-state index < -0.39 is 0 Å². The molecule has 2 saturated heterocycles. The van der Waals surface area contributed by atoms with Crippen molar-refractivity contribution >= 4 is 5.78 Å². The Morgan fingerprint density at radius 1 is 1.25 bits per heavy atom. The van der Waals surface area contributed by atoms with Gasteiger partial charge in [0.15, 0.2) is 0 Å². The first-order chi connectivity index (χ1) is 7.63. The Labute approximate surface area is 99.4 Å². The molecule has 2 rings (SSSR count). The molecule has 2 aliphatic rings. The lowest BCUT2D eigenvalue weighted by Crippen LogP contribution is -2.57. The quantitative estimate of drug-likeness (QED) is 0.733. The summed E-state index contributed by atoms with van der Waals surface area (Å²) in [7, 11) is 0. The Morgan fingerprint density at radius 2 is 1.81 bits per heavy atom. The van der Waals surface area contributed by atoms with Crippen molar-refractivity contribution in [1.82, 2.24) is 4.90 Å². The van der Waals surface area contributed by atoms with E-state index in [0.717, 1.165) is 12.8 Å². The Hall–Kier alpha value is -0.370. The first-order valence-corrected chi connectivity index (χ1v) is 6.92. The van der Waals surface area contributed by atoms with Crippen LogP contribution >= 0.6 is 0 Å². The number of carbonyl (C=O) groups is 1. The monoisotopic (exact) mass is 223 g/mol. The van der Waals surface area contributed by atoms with Crippen molar-refractivity contribution in [1.29, 1.82) is 0 Å². The van der Waals surface area contributed by atoms with Gasteiger partial charge in [-0.1, -0.05) is 27.2 Å². The zero-order chi connectivity index (χ0) is 11.7. The number of nitrogens with zero attached hydrogens (tertiary/aromatic N) is 1. The molecule has 0 aliphatic carbocycles. The molecule has 16 heavy (non-hydrogen) atoms. The minimum Gasteiger partial charge on any atom is -0.300 e. The smallest absolute Gasteiger partial charge is 0.136 e. The maximum Gasteiger partial charge on any atom is 0.136 e. The van der Waals surface area contributed by atoms with Crippen LogP contribution in [0.25, 0.3) is 0 Å². The fourth-order valence-electron chi connectivity index (χ4n) is 3.78. The second-order valence-corrected chi connectivity index (χ2v) is 5.85. The third kappa shape index (κ3) is 2.17. The van der Waals surface area contributed by atoms with Crippen LogP contribution in [0.5, 0.6) is 0 Å². The lowest BCUT2D eigenvalue weighted by Gasteiger charge is -2.50. The molecular formula is C14H25NO. The molecule has 2 nitrogen and oxygen atoms in total. The van der Waals surface area contributed by atoms with E-state index in [1.54, 1.807) is 0 Å². The fourth-order valence-corrected chi connectivity index (χ4v) is 3.78. The number of hydrogen-bond acceptors (Lipinski definition) is 2. The summed E-state index contributed by atoms with van der Waals surface area (Å²) in [4.78, 5) is 14.4. The molecule has 2 fully saturated rings. The molecule has 0 spiro atoms. The zero-order valence-electron chi connectivity index (χ0n) is 10.9. The normalized spacial score (nSPS) is 33.1. The standard InChI is InChI=1S/C14H25NO/c1-4-14(10(2)3)15-11-6-5-7-12(15)9-13(16)8-11/h10-12,14H,4-9H2,1-3H3. The van der Waals surface area contributed by atoms with Crippen molar-refractivity contribution < 1.29 is 4.79 Å². The summed E-state index contributed by atoms with van der Waals surface area (Å²) in [5.74, 6) is 1.21. The minimum absolute atomic E-state index is 0.504. The van der Waals surface area contributed by atoms with E-state index in [0.29, 0.717) is 29.8 Å². The van der Waals surface area contributed by atoms with Crippen LogP contribution in [-0.2, 0) is 4.79 Å². The van der Waals surface area contributed by atoms with Crippen molar-refractivity contribution in [2.45, 2.75) is 77.4 Å². The minimum atomic E-state index is 0.504. The van der Waals surface area contributed by atoms with Gasteiger partial charge in [-0.05, 0) is 25.2 Å². The Bertz CT molecular complexity index is 245. The molecule has 0 aromatic heterocycles. The first kappa shape index (κ1) is 12.1. The molecular weight excluding hydrogens is 198 g/mol. The van der Waals surface area contributed by atoms with E-state index in [-0.39, 0.29) is 0 Å².